The third-order valence-electron chi connectivity index (χ3n) is 7.67. The molecule has 2 aromatic rings. The van der Waals surface area contributed by atoms with Gasteiger partial charge in [-0.25, -0.2) is 14.4 Å². The van der Waals surface area contributed by atoms with Gasteiger partial charge >= 0.3 is 5.97 Å². The summed E-state index contributed by atoms with van der Waals surface area (Å²) in [5.41, 5.74) is 0.955. The van der Waals surface area contributed by atoms with Crippen LogP contribution in [-0.4, -0.2) is 15.9 Å². The third-order valence-corrected chi connectivity index (χ3v) is 7.67. The molecule has 1 aliphatic carbocycles. The van der Waals surface area contributed by atoms with Crippen LogP contribution in [0.15, 0.2) is 24.5 Å². The third kappa shape index (κ3) is 9.15. The second kappa shape index (κ2) is 15.8. The lowest BCUT2D eigenvalue weighted by molar-refractivity contribution is -0.140. The molecular weight excluding hydrogens is 470 g/mol. The minimum Gasteiger partial charge on any atom is -0.423 e. The van der Waals surface area contributed by atoms with Crippen LogP contribution in [0.5, 0.6) is 5.75 Å². The van der Waals surface area contributed by atoms with Gasteiger partial charge in [-0.1, -0.05) is 78.1 Å². The van der Waals surface area contributed by atoms with Crippen LogP contribution in [0.25, 0.3) is 11.4 Å². The van der Waals surface area contributed by atoms with Gasteiger partial charge in [-0.3, -0.25) is 4.79 Å². The number of hydrogen-bond acceptors (Lipinski definition) is 4. The Balaban J connectivity index is 0.00000507. The number of aryl methyl sites for hydroxylation is 1. The lowest BCUT2D eigenvalue weighted by Gasteiger charge is -2.27. The van der Waals surface area contributed by atoms with Crippen LogP contribution in [0.1, 0.15) is 117 Å². The molecule has 0 N–H and O–H groups in total. The van der Waals surface area contributed by atoms with Gasteiger partial charge in [-0.15, -0.1) is 0 Å². The maximum Gasteiger partial charge on any atom is 0.314 e. The number of carbonyl (C=O) groups is 1. The molecule has 1 aromatic heterocycles. The first kappa shape index (κ1) is 29.2. The molecule has 0 atom stereocenters. The van der Waals surface area contributed by atoms with Crippen molar-refractivity contribution in [1.29, 1.82) is 0 Å². The first-order valence-corrected chi connectivity index (χ1v) is 14.5. The normalized spacial score (nSPS) is 17.6. The average molecular weight is 517 g/mol. The molecule has 0 spiro atoms. The number of aromatic nitrogens is 2. The zero-order valence-corrected chi connectivity index (χ0v) is 22.7. The molecule has 0 unspecified atom stereocenters. The second-order valence-corrected chi connectivity index (χ2v) is 10.7. The summed E-state index contributed by atoms with van der Waals surface area (Å²) < 4.78 is 35.0. The molecule has 0 radical (unpaired) electrons. The van der Waals surface area contributed by atoms with E-state index in [1.165, 1.54) is 76.3 Å². The second-order valence-electron chi connectivity index (χ2n) is 10.7. The van der Waals surface area contributed by atoms with Crippen molar-refractivity contribution < 1.29 is 19.7 Å². The van der Waals surface area contributed by atoms with Crippen LogP contribution in [-0.2, 0) is 11.2 Å². The van der Waals surface area contributed by atoms with Gasteiger partial charge in [0.1, 0.15) is 0 Å². The number of nitrogens with zero attached hydrogens (tertiary/aromatic N) is 2. The van der Waals surface area contributed by atoms with Crippen molar-refractivity contribution in [2.75, 3.05) is 0 Å². The summed E-state index contributed by atoms with van der Waals surface area (Å²) in [5, 5.41) is 0. The smallest absolute Gasteiger partial charge is 0.314 e. The molecule has 0 bridgehead atoms. The van der Waals surface area contributed by atoms with Crippen LogP contribution in [0.2, 0.25) is 0 Å². The monoisotopic (exact) mass is 516 g/mol. The van der Waals surface area contributed by atoms with E-state index in [0.717, 1.165) is 44.1 Å². The zero-order valence-electron chi connectivity index (χ0n) is 22.7. The number of hydrogen-bond donors (Lipinski definition) is 0. The highest BCUT2D eigenvalue weighted by atomic mass is 19.2. The quantitative estimate of drug-likeness (QED) is 0.134. The van der Waals surface area contributed by atoms with Crippen LogP contribution in [0.4, 0.5) is 8.78 Å². The summed E-state index contributed by atoms with van der Waals surface area (Å²) in [7, 11) is 0. The fourth-order valence-electron chi connectivity index (χ4n) is 5.25. The van der Waals surface area contributed by atoms with Crippen LogP contribution in [0, 0.1) is 23.5 Å². The van der Waals surface area contributed by atoms with E-state index in [-0.39, 0.29) is 24.5 Å². The average Bonchev–Trinajstić information content (AvgIpc) is 2.92. The van der Waals surface area contributed by atoms with Gasteiger partial charge in [0.15, 0.2) is 17.4 Å². The molecule has 4 nitrogen and oxygen atoms in total. The molecular formula is C31H46F2N2O2. The lowest BCUT2D eigenvalue weighted by Crippen LogP contribution is -2.26. The molecule has 6 heteroatoms. The topological polar surface area (TPSA) is 52.1 Å². The highest BCUT2D eigenvalue weighted by Crippen LogP contribution is 2.34. The summed E-state index contributed by atoms with van der Waals surface area (Å²) in [6.45, 7) is 4.41. The van der Waals surface area contributed by atoms with Crippen LogP contribution < -0.4 is 4.74 Å². The number of rotatable bonds is 15. The van der Waals surface area contributed by atoms with Crippen molar-refractivity contribution in [3.8, 4) is 17.1 Å². The number of esters is 1. The molecule has 37 heavy (non-hydrogen) atoms. The van der Waals surface area contributed by atoms with Gasteiger partial charge in [-0.05, 0) is 62.1 Å². The minimum absolute atomic E-state index is 0. The Morgan fingerprint density at radius 3 is 2.16 bits per heavy atom. The number of ether oxygens (including phenoxy) is 1. The van der Waals surface area contributed by atoms with E-state index >= 15 is 0 Å². The van der Waals surface area contributed by atoms with Crippen molar-refractivity contribution in [2.24, 2.45) is 11.8 Å². The van der Waals surface area contributed by atoms with E-state index in [9.17, 15) is 13.6 Å². The highest BCUT2D eigenvalue weighted by Gasteiger charge is 2.29. The number of halogens is 2. The Morgan fingerprint density at radius 1 is 0.865 bits per heavy atom. The van der Waals surface area contributed by atoms with E-state index in [4.69, 9.17) is 4.74 Å². The molecule has 206 valence electrons. The number of unbranched alkanes of at least 4 members (excludes halogenated alkanes) is 8. The SMILES string of the molecule is CCCCCCCCCc1cnc(-c2ccc(OC(=O)C3CCC(CCCCC)CC3)c(F)c2F)nc1.[HH]. The number of benzene rings is 1. The van der Waals surface area contributed by atoms with E-state index in [1.54, 1.807) is 12.4 Å². The molecule has 0 saturated heterocycles. The van der Waals surface area contributed by atoms with E-state index in [1.807, 2.05) is 0 Å². The van der Waals surface area contributed by atoms with E-state index in [2.05, 4.69) is 23.8 Å². The Labute approximate surface area is 223 Å². The van der Waals surface area contributed by atoms with Gasteiger partial charge in [0.2, 0.25) is 5.82 Å². The minimum atomic E-state index is -1.17. The first-order valence-electron chi connectivity index (χ1n) is 14.5. The summed E-state index contributed by atoms with van der Waals surface area (Å²) >= 11 is 0. The Kier molecular flexibility index (Phi) is 12.5. The summed E-state index contributed by atoms with van der Waals surface area (Å²) in [6, 6.07) is 2.69. The van der Waals surface area contributed by atoms with Crippen molar-refractivity contribution in [3.05, 3.63) is 41.7 Å². The molecule has 3 rings (SSSR count). The summed E-state index contributed by atoms with van der Waals surface area (Å²) in [6.07, 6.45) is 21.2. The maximum absolute atomic E-state index is 14.9. The molecule has 1 saturated carbocycles. The Morgan fingerprint density at radius 2 is 1.49 bits per heavy atom. The predicted octanol–water partition coefficient (Wildman–Crippen LogP) is 9.25. The highest BCUT2D eigenvalue weighted by molar-refractivity contribution is 5.75. The van der Waals surface area contributed by atoms with Crippen molar-refractivity contribution in [2.45, 2.75) is 117 Å². The molecule has 0 amide bonds. The zero-order chi connectivity index (χ0) is 26.5. The first-order chi connectivity index (χ1) is 18.0. The lowest BCUT2D eigenvalue weighted by atomic mass is 9.80. The summed E-state index contributed by atoms with van der Waals surface area (Å²) in [5.74, 6) is -2.57. The number of carbonyl (C=O) groups excluding carboxylic acids is 1. The Hall–Kier alpha value is -2.37. The fraction of sp³-hybridized carbons (Fsp3) is 0.645. The fourth-order valence-corrected chi connectivity index (χ4v) is 5.25. The molecule has 1 aliphatic rings. The van der Waals surface area contributed by atoms with Gasteiger partial charge in [-0.2, -0.15) is 4.39 Å². The van der Waals surface area contributed by atoms with E-state index < -0.39 is 17.6 Å². The van der Waals surface area contributed by atoms with Crippen molar-refractivity contribution in [3.63, 3.8) is 0 Å². The van der Waals surface area contributed by atoms with E-state index in [0.29, 0.717) is 5.92 Å². The largest absolute Gasteiger partial charge is 0.423 e. The van der Waals surface area contributed by atoms with Gasteiger partial charge < -0.3 is 4.74 Å². The van der Waals surface area contributed by atoms with Crippen LogP contribution in [0.3, 0.4) is 0 Å². The standard InChI is InChI=1S/C31H44F2N2O2.H2/c1-3-5-7-8-9-10-12-14-24-21-34-30(35-22-24)26-19-20-27(29(33)28(26)32)37-31(36)25-17-15-23(16-18-25)13-11-6-4-2;/h19-23,25H,3-18H2,1-2H3;1H. The van der Waals surface area contributed by atoms with Gasteiger partial charge in [0.25, 0.3) is 0 Å². The van der Waals surface area contributed by atoms with Crippen LogP contribution >= 0.6 is 0 Å². The molecule has 0 aliphatic heterocycles. The maximum atomic E-state index is 14.9. The van der Waals surface area contributed by atoms with Crippen molar-refractivity contribution in [1.82, 2.24) is 9.97 Å². The van der Waals surface area contributed by atoms with Gasteiger partial charge in [0, 0.05) is 13.8 Å². The van der Waals surface area contributed by atoms with Gasteiger partial charge in [0.05, 0.1) is 11.5 Å². The molecule has 1 heterocycles. The molecule has 1 aromatic carbocycles. The molecule has 1 fully saturated rings. The van der Waals surface area contributed by atoms with Crippen molar-refractivity contribution >= 4 is 5.97 Å². The summed E-state index contributed by atoms with van der Waals surface area (Å²) in [4.78, 5) is 21.2. The Bertz CT molecular complexity index is 963. The predicted molar refractivity (Wildman–Crippen MR) is 146 cm³/mol.